The molecule has 1 aromatic carbocycles. The van der Waals surface area contributed by atoms with Gasteiger partial charge in [-0.15, -0.1) is 10.2 Å². The second kappa shape index (κ2) is 7.33. The highest BCUT2D eigenvalue weighted by atomic mass is 32.2. The number of hydrogen-bond acceptors (Lipinski definition) is 6. The number of aryl methyl sites for hydroxylation is 1. The van der Waals surface area contributed by atoms with Crippen LogP contribution in [0.15, 0.2) is 59.3 Å². The predicted octanol–water partition coefficient (Wildman–Crippen LogP) is 1.79. The highest BCUT2D eigenvalue weighted by molar-refractivity contribution is 7.89. The molecule has 3 rings (SSSR count). The molecule has 0 amide bonds. The number of nitrogens with one attached hydrogen (secondary N) is 1. The van der Waals surface area contributed by atoms with E-state index in [0.29, 0.717) is 12.3 Å². The molecule has 8 heteroatoms. The van der Waals surface area contributed by atoms with Crippen molar-refractivity contribution in [1.82, 2.24) is 19.9 Å². The summed E-state index contributed by atoms with van der Waals surface area (Å²) in [6.45, 7) is -0.0325. The van der Waals surface area contributed by atoms with Gasteiger partial charge in [-0.05, 0) is 24.1 Å². The van der Waals surface area contributed by atoms with Gasteiger partial charge in [0.25, 0.3) is 0 Å². The molecule has 7 nitrogen and oxygen atoms in total. The minimum atomic E-state index is -3.42. The van der Waals surface area contributed by atoms with Crippen molar-refractivity contribution in [3.63, 3.8) is 0 Å². The van der Waals surface area contributed by atoms with Crippen LogP contribution in [0.1, 0.15) is 11.5 Å². The molecule has 0 aliphatic rings. The molecule has 0 fully saturated rings. The standard InChI is InChI=1S/C16H16N4O3S/c21-24(22,11-8-13-4-2-1-3-5-13)18-12-15-19-20-16(23-15)14-6-9-17-10-7-14/h1-7,9-10,18H,8,11-12H2. The fourth-order valence-electron chi connectivity index (χ4n) is 2.08. The van der Waals surface area contributed by atoms with E-state index in [2.05, 4.69) is 19.9 Å². The van der Waals surface area contributed by atoms with Gasteiger partial charge in [0.15, 0.2) is 0 Å². The van der Waals surface area contributed by atoms with Crippen LogP contribution < -0.4 is 4.72 Å². The Bertz CT molecular complexity index is 880. The lowest BCUT2D eigenvalue weighted by Gasteiger charge is -2.04. The fourth-order valence-corrected chi connectivity index (χ4v) is 3.07. The first-order valence-electron chi connectivity index (χ1n) is 7.36. The lowest BCUT2D eigenvalue weighted by Crippen LogP contribution is -2.27. The van der Waals surface area contributed by atoms with Crippen molar-refractivity contribution in [3.05, 3.63) is 66.3 Å². The second-order valence-electron chi connectivity index (χ2n) is 5.11. The van der Waals surface area contributed by atoms with Crippen LogP contribution in [0.2, 0.25) is 0 Å². The molecule has 0 spiro atoms. The number of hydrogen-bond donors (Lipinski definition) is 1. The fraction of sp³-hybridized carbons (Fsp3) is 0.188. The zero-order valence-corrected chi connectivity index (χ0v) is 13.6. The van der Waals surface area contributed by atoms with Crippen molar-refractivity contribution in [2.24, 2.45) is 0 Å². The predicted molar refractivity (Wildman–Crippen MR) is 88.3 cm³/mol. The van der Waals surface area contributed by atoms with E-state index in [1.165, 1.54) is 0 Å². The Morgan fingerprint density at radius 2 is 1.75 bits per heavy atom. The van der Waals surface area contributed by atoms with Crippen LogP contribution >= 0.6 is 0 Å². The molecule has 0 unspecified atom stereocenters. The number of aromatic nitrogens is 3. The summed E-state index contributed by atoms with van der Waals surface area (Å²) < 4.78 is 32.0. The summed E-state index contributed by atoms with van der Waals surface area (Å²) in [6, 6.07) is 12.9. The first-order chi connectivity index (χ1) is 11.6. The van der Waals surface area contributed by atoms with E-state index in [4.69, 9.17) is 4.42 Å². The van der Waals surface area contributed by atoms with Gasteiger partial charge in [0.05, 0.1) is 12.3 Å². The molecule has 0 radical (unpaired) electrons. The van der Waals surface area contributed by atoms with Crippen molar-refractivity contribution < 1.29 is 12.8 Å². The Balaban J connectivity index is 1.56. The number of pyridine rings is 1. The molecule has 0 aliphatic heterocycles. The van der Waals surface area contributed by atoms with Crippen LogP contribution in [-0.2, 0) is 23.0 Å². The van der Waals surface area contributed by atoms with Crippen LogP contribution in [0.4, 0.5) is 0 Å². The molecule has 24 heavy (non-hydrogen) atoms. The quantitative estimate of drug-likeness (QED) is 0.702. The average molecular weight is 344 g/mol. The topological polar surface area (TPSA) is 98.0 Å². The van der Waals surface area contributed by atoms with E-state index in [1.807, 2.05) is 30.3 Å². The zero-order chi connectivity index (χ0) is 16.8. The Hall–Kier alpha value is -2.58. The molecule has 2 aromatic heterocycles. The van der Waals surface area contributed by atoms with E-state index >= 15 is 0 Å². The Morgan fingerprint density at radius 3 is 2.50 bits per heavy atom. The summed E-state index contributed by atoms with van der Waals surface area (Å²) in [6.07, 6.45) is 3.68. The first kappa shape index (κ1) is 16.3. The second-order valence-corrected chi connectivity index (χ2v) is 7.04. The van der Waals surface area contributed by atoms with Crippen molar-refractivity contribution in [2.75, 3.05) is 5.75 Å². The number of sulfonamides is 1. The highest BCUT2D eigenvalue weighted by Crippen LogP contribution is 2.16. The third-order valence-electron chi connectivity index (χ3n) is 3.34. The third-order valence-corrected chi connectivity index (χ3v) is 4.67. The minimum Gasteiger partial charge on any atom is -0.419 e. The van der Waals surface area contributed by atoms with Gasteiger partial charge in [-0.1, -0.05) is 30.3 Å². The van der Waals surface area contributed by atoms with Crippen molar-refractivity contribution in [1.29, 1.82) is 0 Å². The summed E-state index contributed by atoms with van der Waals surface area (Å²) in [5.41, 5.74) is 1.70. The Morgan fingerprint density at radius 1 is 1.00 bits per heavy atom. The Labute approximate surface area is 139 Å². The van der Waals surface area contributed by atoms with Crippen molar-refractivity contribution in [2.45, 2.75) is 13.0 Å². The van der Waals surface area contributed by atoms with Crippen LogP contribution in [0.25, 0.3) is 11.5 Å². The normalized spacial score (nSPS) is 11.5. The smallest absolute Gasteiger partial charge is 0.247 e. The molecule has 124 valence electrons. The number of benzene rings is 1. The van der Waals surface area contributed by atoms with Crippen LogP contribution in [0, 0.1) is 0 Å². The zero-order valence-electron chi connectivity index (χ0n) is 12.8. The number of rotatable bonds is 7. The molecule has 0 aliphatic carbocycles. The van der Waals surface area contributed by atoms with Gasteiger partial charge in [0.1, 0.15) is 0 Å². The highest BCUT2D eigenvalue weighted by Gasteiger charge is 2.14. The largest absolute Gasteiger partial charge is 0.419 e. The molecule has 0 atom stereocenters. The molecule has 2 heterocycles. The van der Waals surface area contributed by atoms with Gasteiger partial charge in [0.2, 0.25) is 21.8 Å². The lowest BCUT2D eigenvalue weighted by atomic mass is 10.2. The average Bonchev–Trinajstić information content (AvgIpc) is 3.09. The van der Waals surface area contributed by atoms with E-state index in [-0.39, 0.29) is 18.2 Å². The molecular formula is C16H16N4O3S. The van der Waals surface area contributed by atoms with E-state index in [9.17, 15) is 8.42 Å². The van der Waals surface area contributed by atoms with Gasteiger partial charge in [-0.3, -0.25) is 4.98 Å². The molecular weight excluding hydrogens is 328 g/mol. The van der Waals surface area contributed by atoms with Gasteiger partial charge < -0.3 is 4.42 Å². The van der Waals surface area contributed by atoms with Gasteiger partial charge in [0, 0.05) is 18.0 Å². The summed E-state index contributed by atoms with van der Waals surface area (Å²) >= 11 is 0. The molecule has 0 bridgehead atoms. The first-order valence-corrected chi connectivity index (χ1v) is 9.02. The van der Waals surface area contributed by atoms with Crippen LogP contribution in [0.3, 0.4) is 0 Å². The summed E-state index contributed by atoms with van der Waals surface area (Å²) in [5.74, 6) is 0.545. The Kier molecular flexibility index (Phi) is 4.97. The van der Waals surface area contributed by atoms with Gasteiger partial charge >= 0.3 is 0 Å². The van der Waals surface area contributed by atoms with Gasteiger partial charge in [-0.25, -0.2) is 13.1 Å². The minimum absolute atomic E-state index is 0.00234. The summed E-state index contributed by atoms with van der Waals surface area (Å²) in [4.78, 5) is 3.91. The van der Waals surface area contributed by atoms with E-state index < -0.39 is 10.0 Å². The maximum absolute atomic E-state index is 12.0. The maximum Gasteiger partial charge on any atom is 0.247 e. The monoisotopic (exact) mass is 344 g/mol. The van der Waals surface area contributed by atoms with E-state index in [1.54, 1.807) is 24.5 Å². The third kappa shape index (κ3) is 4.46. The SMILES string of the molecule is O=S(=O)(CCc1ccccc1)NCc1nnc(-c2ccncc2)o1. The van der Waals surface area contributed by atoms with Gasteiger partial charge in [-0.2, -0.15) is 0 Å². The number of nitrogens with zero attached hydrogens (tertiary/aromatic N) is 3. The summed E-state index contributed by atoms with van der Waals surface area (Å²) in [7, 11) is -3.42. The molecule has 3 aromatic rings. The molecule has 1 N–H and O–H groups in total. The van der Waals surface area contributed by atoms with E-state index in [0.717, 1.165) is 11.1 Å². The lowest BCUT2D eigenvalue weighted by molar-refractivity contribution is 0.494. The van der Waals surface area contributed by atoms with Crippen LogP contribution in [-0.4, -0.2) is 29.4 Å². The van der Waals surface area contributed by atoms with Crippen molar-refractivity contribution in [3.8, 4) is 11.5 Å². The van der Waals surface area contributed by atoms with Crippen molar-refractivity contribution >= 4 is 10.0 Å². The maximum atomic E-state index is 12.0. The molecule has 0 saturated carbocycles. The molecule has 0 saturated heterocycles. The van der Waals surface area contributed by atoms with Crippen LogP contribution in [0.5, 0.6) is 0 Å². The summed E-state index contributed by atoms with van der Waals surface area (Å²) in [5, 5.41) is 7.75.